The molecule has 1 unspecified atom stereocenters. The van der Waals surface area contributed by atoms with Crippen LogP contribution in [0, 0.1) is 0 Å². The van der Waals surface area contributed by atoms with Crippen LogP contribution in [0.4, 0.5) is 5.69 Å². The van der Waals surface area contributed by atoms with Crippen molar-refractivity contribution in [3.63, 3.8) is 0 Å². The minimum atomic E-state index is -0.935. The van der Waals surface area contributed by atoms with Gasteiger partial charge in [0.25, 0.3) is 0 Å². The van der Waals surface area contributed by atoms with Crippen LogP contribution < -0.4 is 9.64 Å². The molecule has 6 nitrogen and oxygen atoms in total. The van der Waals surface area contributed by atoms with E-state index in [1.807, 2.05) is 11.0 Å². The van der Waals surface area contributed by atoms with E-state index in [4.69, 9.17) is 14.6 Å². The molecule has 0 spiro atoms. The molecule has 1 aliphatic heterocycles. The number of rotatable bonds is 3. The summed E-state index contributed by atoms with van der Waals surface area (Å²) in [6.45, 7) is 1.40. The van der Waals surface area contributed by atoms with Gasteiger partial charge in [0.2, 0.25) is 5.88 Å². The molecule has 1 fully saturated rings. The van der Waals surface area contributed by atoms with Crippen molar-refractivity contribution in [1.82, 2.24) is 4.98 Å². The molecular formula is C11H14N2O4. The fraction of sp³-hybridized carbons (Fsp3) is 0.455. The van der Waals surface area contributed by atoms with Crippen molar-refractivity contribution < 1.29 is 19.4 Å². The number of carboxylic acids is 1. The first-order chi connectivity index (χ1) is 8.20. The van der Waals surface area contributed by atoms with Gasteiger partial charge in [-0.2, -0.15) is 0 Å². The third kappa shape index (κ3) is 2.65. The maximum absolute atomic E-state index is 10.9. The Kier molecular flexibility index (Phi) is 3.43. The second kappa shape index (κ2) is 5.01. The minimum absolute atomic E-state index is 0.336. The zero-order valence-corrected chi connectivity index (χ0v) is 9.50. The van der Waals surface area contributed by atoms with Crippen molar-refractivity contribution >= 4 is 11.7 Å². The van der Waals surface area contributed by atoms with Crippen LogP contribution in [0.3, 0.4) is 0 Å². The summed E-state index contributed by atoms with van der Waals surface area (Å²) < 4.78 is 10.2. The summed E-state index contributed by atoms with van der Waals surface area (Å²) >= 11 is 0. The zero-order chi connectivity index (χ0) is 12.3. The lowest BCUT2D eigenvalue weighted by molar-refractivity contribution is -0.150. The lowest BCUT2D eigenvalue weighted by atomic mass is 10.2. The van der Waals surface area contributed by atoms with Crippen molar-refractivity contribution in [2.75, 3.05) is 31.7 Å². The molecular weight excluding hydrogens is 224 g/mol. The van der Waals surface area contributed by atoms with Crippen molar-refractivity contribution in [3.8, 4) is 5.88 Å². The fourth-order valence-corrected chi connectivity index (χ4v) is 1.74. The van der Waals surface area contributed by atoms with E-state index in [1.165, 1.54) is 0 Å². The van der Waals surface area contributed by atoms with Gasteiger partial charge in [-0.15, -0.1) is 0 Å². The Morgan fingerprint density at radius 2 is 2.53 bits per heavy atom. The Hall–Kier alpha value is -1.82. The quantitative estimate of drug-likeness (QED) is 0.820. The third-order valence-electron chi connectivity index (χ3n) is 2.63. The van der Waals surface area contributed by atoms with E-state index < -0.39 is 12.1 Å². The molecule has 1 aromatic rings. The molecule has 0 saturated carbocycles. The number of methoxy groups -OCH3 is 1. The van der Waals surface area contributed by atoms with Gasteiger partial charge in [0.05, 0.1) is 20.3 Å². The summed E-state index contributed by atoms with van der Waals surface area (Å²) in [5, 5.41) is 8.91. The molecule has 17 heavy (non-hydrogen) atoms. The summed E-state index contributed by atoms with van der Waals surface area (Å²) in [7, 11) is 1.55. The monoisotopic (exact) mass is 238 g/mol. The number of anilines is 1. The van der Waals surface area contributed by atoms with Crippen molar-refractivity contribution in [3.05, 3.63) is 18.3 Å². The van der Waals surface area contributed by atoms with Crippen molar-refractivity contribution in [1.29, 1.82) is 0 Å². The largest absolute Gasteiger partial charge is 0.481 e. The number of pyridine rings is 1. The molecule has 0 amide bonds. The van der Waals surface area contributed by atoms with Crippen LogP contribution in [0.25, 0.3) is 0 Å². The summed E-state index contributed by atoms with van der Waals surface area (Å²) in [4.78, 5) is 16.8. The third-order valence-corrected chi connectivity index (χ3v) is 2.63. The van der Waals surface area contributed by atoms with Gasteiger partial charge in [0.1, 0.15) is 0 Å². The average Bonchev–Trinajstić information content (AvgIpc) is 2.39. The van der Waals surface area contributed by atoms with E-state index in [9.17, 15) is 4.79 Å². The average molecular weight is 238 g/mol. The van der Waals surface area contributed by atoms with Crippen LogP contribution in [0.5, 0.6) is 5.88 Å². The molecule has 1 N–H and O–H groups in total. The van der Waals surface area contributed by atoms with Gasteiger partial charge in [-0.05, 0) is 6.07 Å². The first-order valence-corrected chi connectivity index (χ1v) is 5.30. The molecule has 2 rings (SSSR count). The number of carbonyl (C=O) groups is 1. The highest BCUT2D eigenvalue weighted by Gasteiger charge is 2.26. The highest BCUT2D eigenvalue weighted by Crippen LogP contribution is 2.20. The number of hydrogen-bond donors (Lipinski definition) is 1. The van der Waals surface area contributed by atoms with E-state index in [0.29, 0.717) is 25.6 Å². The normalized spacial score (nSPS) is 20.1. The Morgan fingerprint density at radius 3 is 3.24 bits per heavy atom. The van der Waals surface area contributed by atoms with Gasteiger partial charge in [-0.1, -0.05) is 0 Å². The molecule has 0 radical (unpaired) electrons. The molecule has 6 heteroatoms. The number of aromatic nitrogens is 1. The van der Waals surface area contributed by atoms with Gasteiger partial charge in [0.15, 0.2) is 6.10 Å². The molecule has 1 aromatic heterocycles. The Morgan fingerprint density at radius 1 is 1.71 bits per heavy atom. The highest BCUT2D eigenvalue weighted by molar-refractivity contribution is 5.73. The van der Waals surface area contributed by atoms with Crippen molar-refractivity contribution in [2.45, 2.75) is 6.10 Å². The number of aliphatic carboxylic acids is 1. The predicted molar refractivity (Wildman–Crippen MR) is 60.4 cm³/mol. The van der Waals surface area contributed by atoms with Gasteiger partial charge < -0.3 is 19.5 Å². The summed E-state index contributed by atoms with van der Waals surface area (Å²) in [5.41, 5.74) is 0.895. The summed E-state index contributed by atoms with van der Waals surface area (Å²) in [5.74, 6) is -0.420. The molecule has 1 saturated heterocycles. The number of hydrogen-bond acceptors (Lipinski definition) is 5. The summed E-state index contributed by atoms with van der Waals surface area (Å²) in [6.07, 6.45) is 0.863. The molecule has 92 valence electrons. The first kappa shape index (κ1) is 11.7. The van der Waals surface area contributed by atoms with E-state index >= 15 is 0 Å². The van der Waals surface area contributed by atoms with Gasteiger partial charge in [0, 0.05) is 24.5 Å². The number of nitrogens with zero attached hydrogens (tertiary/aromatic N) is 2. The molecule has 0 aromatic carbocycles. The maximum Gasteiger partial charge on any atom is 0.334 e. The van der Waals surface area contributed by atoms with Gasteiger partial charge in [-0.3, -0.25) is 0 Å². The van der Waals surface area contributed by atoms with Crippen LogP contribution in [0.2, 0.25) is 0 Å². The van der Waals surface area contributed by atoms with Crippen LogP contribution in [-0.4, -0.2) is 49.0 Å². The molecule has 1 aliphatic rings. The van der Waals surface area contributed by atoms with E-state index in [1.54, 1.807) is 19.4 Å². The maximum atomic E-state index is 10.9. The van der Waals surface area contributed by atoms with Crippen LogP contribution in [0.1, 0.15) is 0 Å². The van der Waals surface area contributed by atoms with E-state index in [0.717, 1.165) is 5.69 Å². The topological polar surface area (TPSA) is 71.9 Å². The van der Waals surface area contributed by atoms with E-state index in [2.05, 4.69) is 4.98 Å². The summed E-state index contributed by atoms with van der Waals surface area (Å²) in [6, 6.07) is 3.61. The second-order valence-corrected chi connectivity index (χ2v) is 3.70. The first-order valence-electron chi connectivity index (χ1n) is 5.30. The standard InChI is InChI=1S/C11H14N2O4/c1-16-10-6-8(2-3-12-10)13-4-5-17-9(7-13)11(14)15/h2-3,6,9H,4-5,7H2,1H3,(H,14,15). The number of carboxylic acid groups (broad SMARTS) is 1. The van der Waals surface area contributed by atoms with Gasteiger partial charge in [-0.25, -0.2) is 9.78 Å². The van der Waals surface area contributed by atoms with Crippen molar-refractivity contribution in [2.24, 2.45) is 0 Å². The number of ether oxygens (including phenoxy) is 2. The van der Waals surface area contributed by atoms with Gasteiger partial charge >= 0.3 is 5.97 Å². The molecule has 2 heterocycles. The Bertz CT molecular complexity index is 410. The zero-order valence-electron chi connectivity index (χ0n) is 9.50. The van der Waals surface area contributed by atoms with Crippen LogP contribution in [-0.2, 0) is 9.53 Å². The number of morpholine rings is 1. The SMILES string of the molecule is COc1cc(N2CCOC(C(=O)O)C2)ccn1. The molecule has 0 bridgehead atoms. The van der Waals surface area contributed by atoms with Crippen LogP contribution >= 0.6 is 0 Å². The lowest BCUT2D eigenvalue weighted by Crippen LogP contribution is -2.46. The van der Waals surface area contributed by atoms with Crippen LogP contribution in [0.15, 0.2) is 18.3 Å². The smallest absolute Gasteiger partial charge is 0.334 e. The van der Waals surface area contributed by atoms with E-state index in [-0.39, 0.29) is 0 Å². The Balaban J connectivity index is 2.13. The molecule has 1 atom stereocenters. The predicted octanol–water partition coefficient (Wildman–Crippen LogP) is 0.380. The second-order valence-electron chi connectivity index (χ2n) is 3.70. The highest BCUT2D eigenvalue weighted by atomic mass is 16.5. The molecule has 0 aliphatic carbocycles. The minimum Gasteiger partial charge on any atom is -0.481 e. The Labute approximate surface area is 98.8 Å². The lowest BCUT2D eigenvalue weighted by Gasteiger charge is -2.32. The fourth-order valence-electron chi connectivity index (χ4n) is 1.74.